The Kier molecular flexibility index (Phi) is 6.50. The molecule has 0 unspecified atom stereocenters. The summed E-state index contributed by atoms with van der Waals surface area (Å²) in [6.07, 6.45) is 0. The first kappa shape index (κ1) is 20.9. The van der Waals surface area contributed by atoms with Crippen molar-refractivity contribution in [2.75, 3.05) is 0 Å². The molecule has 0 saturated carbocycles. The fourth-order valence-electron chi connectivity index (χ4n) is 2.19. The van der Waals surface area contributed by atoms with Crippen molar-refractivity contribution in [3.05, 3.63) is 63.1 Å². The van der Waals surface area contributed by atoms with Crippen LogP contribution in [0.2, 0.25) is 5.02 Å². The Hall–Kier alpha value is -1.41. The van der Waals surface area contributed by atoms with Gasteiger partial charge in [-0.3, -0.25) is 4.79 Å². The minimum Gasteiger partial charge on any atom is -0.348 e. The normalized spacial score (nSPS) is 12.0. The number of sulfonamides is 1. The van der Waals surface area contributed by atoms with Crippen LogP contribution in [0.15, 0.2) is 51.8 Å². The van der Waals surface area contributed by atoms with Crippen LogP contribution in [0.25, 0.3) is 0 Å². The minimum absolute atomic E-state index is 0.0345. The van der Waals surface area contributed by atoms with Gasteiger partial charge in [-0.25, -0.2) is 13.1 Å². The Morgan fingerprint density at radius 3 is 2.31 bits per heavy atom. The summed E-state index contributed by atoms with van der Waals surface area (Å²) < 4.78 is 28.0. The number of carbonyl (C=O) groups excluding carboxylic acids is 1. The fraction of sp³-hybridized carbons (Fsp3) is 0.278. The van der Waals surface area contributed by atoms with E-state index in [0.29, 0.717) is 16.0 Å². The molecule has 8 heteroatoms. The van der Waals surface area contributed by atoms with Gasteiger partial charge in [-0.2, -0.15) is 0 Å². The van der Waals surface area contributed by atoms with Gasteiger partial charge >= 0.3 is 0 Å². The number of carbonyl (C=O) groups is 1. The highest BCUT2D eigenvalue weighted by Gasteiger charge is 2.23. The van der Waals surface area contributed by atoms with Crippen molar-refractivity contribution in [3.8, 4) is 0 Å². The summed E-state index contributed by atoms with van der Waals surface area (Å²) in [6, 6.07) is 11.5. The van der Waals surface area contributed by atoms with E-state index in [1.165, 1.54) is 12.1 Å². The minimum atomic E-state index is -3.73. The molecule has 2 aromatic rings. The van der Waals surface area contributed by atoms with Gasteiger partial charge in [-0.15, -0.1) is 0 Å². The Labute approximate surface area is 167 Å². The van der Waals surface area contributed by atoms with Crippen LogP contribution in [0.3, 0.4) is 0 Å². The van der Waals surface area contributed by atoms with E-state index >= 15 is 0 Å². The molecule has 1 amide bonds. The molecule has 0 aliphatic carbocycles. The first-order valence-corrected chi connectivity index (χ1v) is 10.5. The molecule has 0 spiro atoms. The molecule has 0 fully saturated rings. The molecule has 2 rings (SSSR count). The van der Waals surface area contributed by atoms with Crippen molar-refractivity contribution in [2.45, 2.75) is 37.8 Å². The molecule has 0 aliphatic heterocycles. The lowest BCUT2D eigenvalue weighted by Gasteiger charge is -2.20. The topological polar surface area (TPSA) is 75.3 Å². The average molecular weight is 460 g/mol. The fourth-order valence-corrected chi connectivity index (χ4v) is 4.18. The third kappa shape index (κ3) is 5.81. The van der Waals surface area contributed by atoms with Crippen LogP contribution in [0, 0.1) is 0 Å². The van der Waals surface area contributed by atoms with E-state index in [-0.39, 0.29) is 16.4 Å². The summed E-state index contributed by atoms with van der Waals surface area (Å²) in [7, 11) is -3.73. The number of amides is 1. The first-order valence-electron chi connectivity index (χ1n) is 7.84. The van der Waals surface area contributed by atoms with Gasteiger partial charge in [0.25, 0.3) is 5.91 Å². The summed E-state index contributed by atoms with van der Waals surface area (Å²) in [6.45, 7) is 5.56. The zero-order valence-electron chi connectivity index (χ0n) is 14.6. The lowest BCUT2D eigenvalue weighted by Crippen LogP contribution is -2.40. The number of nitrogens with one attached hydrogen (secondary N) is 2. The first-order chi connectivity index (χ1) is 12.0. The summed E-state index contributed by atoms with van der Waals surface area (Å²) in [4.78, 5) is 12.5. The molecule has 5 nitrogen and oxygen atoms in total. The Morgan fingerprint density at radius 2 is 1.73 bits per heavy atom. The zero-order chi connectivity index (χ0) is 19.5. The molecule has 0 bridgehead atoms. The van der Waals surface area contributed by atoms with Crippen molar-refractivity contribution in [1.82, 2.24) is 10.0 Å². The molecule has 0 atom stereocenters. The van der Waals surface area contributed by atoms with Crippen molar-refractivity contribution in [3.63, 3.8) is 0 Å². The molecule has 0 heterocycles. The monoisotopic (exact) mass is 458 g/mol. The second kappa shape index (κ2) is 8.08. The Balaban J connectivity index is 2.20. The third-order valence-corrected chi connectivity index (χ3v) is 6.00. The van der Waals surface area contributed by atoms with Crippen molar-refractivity contribution in [2.24, 2.45) is 0 Å². The van der Waals surface area contributed by atoms with Gasteiger partial charge in [-0.05, 0) is 72.6 Å². The molecular weight excluding hydrogens is 440 g/mol. The molecule has 2 N–H and O–H groups in total. The number of hydrogen-bond acceptors (Lipinski definition) is 3. The predicted octanol–water partition coefficient (Wildman–Crippen LogP) is 4.11. The average Bonchev–Trinajstić information content (AvgIpc) is 2.52. The number of benzene rings is 2. The maximum atomic E-state index is 12.5. The summed E-state index contributed by atoms with van der Waals surface area (Å²) in [5.41, 5.74) is 0.510. The van der Waals surface area contributed by atoms with E-state index in [9.17, 15) is 13.2 Å². The van der Waals surface area contributed by atoms with E-state index in [0.717, 1.165) is 5.56 Å². The van der Waals surface area contributed by atoms with Crippen LogP contribution in [-0.2, 0) is 16.6 Å². The van der Waals surface area contributed by atoms with E-state index in [4.69, 9.17) is 11.6 Å². The highest BCUT2D eigenvalue weighted by atomic mass is 79.9. The van der Waals surface area contributed by atoms with Crippen LogP contribution >= 0.6 is 27.5 Å². The number of hydrogen-bond donors (Lipinski definition) is 2. The number of halogens is 2. The zero-order valence-corrected chi connectivity index (χ0v) is 17.8. The van der Waals surface area contributed by atoms with Crippen LogP contribution in [0.1, 0.15) is 36.7 Å². The van der Waals surface area contributed by atoms with Crippen LogP contribution in [0.4, 0.5) is 0 Å². The van der Waals surface area contributed by atoms with Crippen molar-refractivity contribution in [1.29, 1.82) is 0 Å². The van der Waals surface area contributed by atoms with Gasteiger partial charge in [0.15, 0.2) is 0 Å². The number of rotatable bonds is 5. The molecule has 0 saturated heterocycles. The second-order valence-corrected chi connectivity index (χ2v) is 9.78. The van der Waals surface area contributed by atoms with Crippen LogP contribution < -0.4 is 10.0 Å². The molecule has 26 heavy (non-hydrogen) atoms. The highest BCUT2D eigenvalue weighted by molar-refractivity contribution is 9.10. The van der Waals surface area contributed by atoms with E-state index in [1.54, 1.807) is 39.0 Å². The Morgan fingerprint density at radius 1 is 1.12 bits per heavy atom. The van der Waals surface area contributed by atoms with E-state index in [2.05, 4.69) is 26.0 Å². The molecular formula is C18H20BrClN2O3S. The molecule has 0 radical (unpaired) electrons. The summed E-state index contributed by atoms with van der Waals surface area (Å²) >= 11 is 9.14. The Bertz CT molecular complexity index is 907. The van der Waals surface area contributed by atoms with Gasteiger partial charge in [-0.1, -0.05) is 23.7 Å². The third-order valence-electron chi connectivity index (χ3n) is 3.30. The molecule has 0 aromatic heterocycles. The maximum absolute atomic E-state index is 12.5. The standard InChI is InChI=1S/C18H20BrClN2O3S/c1-18(2,3)22-26(24,25)14-8-9-16(19)15(10-14)17(23)21-11-12-4-6-13(20)7-5-12/h4-10,22H,11H2,1-3H3,(H,21,23). The molecule has 140 valence electrons. The van der Waals surface area contributed by atoms with E-state index in [1.807, 2.05) is 12.1 Å². The van der Waals surface area contributed by atoms with Gasteiger partial charge in [0.2, 0.25) is 10.0 Å². The van der Waals surface area contributed by atoms with Crippen LogP contribution in [0.5, 0.6) is 0 Å². The lowest BCUT2D eigenvalue weighted by molar-refractivity contribution is 0.0950. The second-order valence-electron chi connectivity index (χ2n) is 6.81. The largest absolute Gasteiger partial charge is 0.348 e. The lowest BCUT2D eigenvalue weighted by atomic mass is 10.1. The highest BCUT2D eigenvalue weighted by Crippen LogP contribution is 2.22. The maximum Gasteiger partial charge on any atom is 0.252 e. The molecule has 2 aromatic carbocycles. The van der Waals surface area contributed by atoms with Gasteiger partial charge < -0.3 is 5.32 Å². The van der Waals surface area contributed by atoms with Crippen molar-refractivity contribution >= 4 is 43.5 Å². The van der Waals surface area contributed by atoms with Crippen LogP contribution in [-0.4, -0.2) is 19.9 Å². The summed E-state index contributed by atoms with van der Waals surface area (Å²) in [5.74, 6) is -0.375. The van der Waals surface area contributed by atoms with Gasteiger partial charge in [0, 0.05) is 21.6 Å². The smallest absolute Gasteiger partial charge is 0.252 e. The van der Waals surface area contributed by atoms with Crippen molar-refractivity contribution < 1.29 is 13.2 Å². The summed E-state index contributed by atoms with van der Waals surface area (Å²) in [5, 5.41) is 3.39. The predicted molar refractivity (Wildman–Crippen MR) is 107 cm³/mol. The molecule has 0 aliphatic rings. The quantitative estimate of drug-likeness (QED) is 0.706. The van der Waals surface area contributed by atoms with Gasteiger partial charge in [0.05, 0.1) is 10.5 Å². The van der Waals surface area contributed by atoms with Gasteiger partial charge in [0.1, 0.15) is 0 Å². The SMILES string of the molecule is CC(C)(C)NS(=O)(=O)c1ccc(Br)c(C(=O)NCc2ccc(Cl)cc2)c1. The van der Waals surface area contributed by atoms with E-state index < -0.39 is 15.6 Å².